The van der Waals surface area contributed by atoms with Crippen LogP contribution < -0.4 is 4.74 Å². The van der Waals surface area contributed by atoms with Crippen molar-refractivity contribution in [3.05, 3.63) is 29.8 Å². The standard InChI is InChI=1S/C17H22N2O4/c1-12-10-15(17(21)23-12)18-6-8-19(9-7-18)16(20)13-4-3-5-14(11-13)22-2/h3-5,11-12,15H,6-10H2,1-2H3. The highest BCUT2D eigenvalue weighted by molar-refractivity contribution is 5.94. The molecule has 2 unspecified atom stereocenters. The van der Waals surface area contributed by atoms with Gasteiger partial charge in [0, 0.05) is 38.2 Å². The van der Waals surface area contributed by atoms with Gasteiger partial charge in [0.2, 0.25) is 0 Å². The van der Waals surface area contributed by atoms with E-state index in [9.17, 15) is 9.59 Å². The molecule has 2 fully saturated rings. The summed E-state index contributed by atoms with van der Waals surface area (Å²) in [5, 5.41) is 0. The quantitative estimate of drug-likeness (QED) is 0.783. The maximum Gasteiger partial charge on any atom is 0.323 e. The van der Waals surface area contributed by atoms with Gasteiger partial charge in [-0.2, -0.15) is 0 Å². The predicted octanol–water partition coefficient (Wildman–Crippen LogP) is 1.16. The van der Waals surface area contributed by atoms with Gasteiger partial charge in [0.15, 0.2) is 0 Å². The highest BCUT2D eigenvalue weighted by atomic mass is 16.6. The van der Waals surface area contributed by atoms with E-state index in [1.807, 2.05) is 24.0 Å². The number of piperazine rings is 1. The van der Waals surface area contributed by atoms with Crippen LogP contribution in [-0.4, -0.2) is 67.1 Å². The topological polar surface area (TPSA) is 59.1 Å². The normalized spacial score (nSPS) is 25.3. The Bertz CT molecular complexity index is 596. The minimum Gasteiger partial charge on any atom is -0.497 e. The smallest absolute Gasteiger partial charge is 0.323 e. The Labute approximate surface area is 136 Å². The number of esters is 1. The molecule has 1 aromatic carbocycles. The third-order valence-electron chi connectivity index (χ3n) is 4.50. The number of methoxy groups -OCH3 is 1. The van der Waals surface area contributed by atoms with E-state index in [0.717, 1.165) is 6.42 Å². The lowest BCUT2D eigenvalue weighted by atomic mass is 10.1. The van der Waals surface area contributed by atoms with Crippen LogP contribution in [0, 0.1) is 0 Å². The third kappa shape index (κ3) is 3.32. The number of hydrogen-bond acceptors (Lipinski definition) is 5. The van der Waals surface area contributed by atoms with Gasteiger partial charge in [-0.3, -0.25) is 14.5 Å². The highest BCUT2D eigenvalue weighted by Crippen LogP contribution is 2.22. The van der Waals surface area contributed by atoms with Gasteiger partial charge >= 0.3 is 5.97 Å². The summed E-state index contributed by atoms with van der Waals surface area (Å²) in [6, 6.07) is 7.04. The maximum absolute atomic E-state index is 12.6. The second-order valence-corrected chi connectivity index (χ2v) is 6.06. The Kier molecular flexibility index (Phi) is 4.52. The number of cyclic esters (lactones) is 1. The lowest BCUT2D eigenvalue weighted by Crippen LogP contribution is -2.53. The van der Waals surface area contributed by atoms with Gasteiger partial charge in [-0.25, -0.2) is 0 Å². The number of amides is 1. The van der Waals surface area contributed by atoms with E-state index >= 15 is 0 Å². The Morgan fingerprint density at radius 2 is 2.00 bits per heavy atom. The molecule has 2 heterocycles. The lowest BCUT2D eigenvalue weighted by molar-refractivity contribution is -0.145. The van der Waals surface area contributed by atoms with Crippen molar-refractivity contribution in [1.82, 2.24) is 9.80 Å². The summed E-state index contributed by atoms with van der Waals surface area (Å²) < 4.78 is 10.4. The Hall–Kier alpha value is -2.08. The Balaban J connectivity index is 1.60. The van der Waals surface area contributed by atoms with Crippen LogP contribution in [0.3, 0.4) is 0 Å². The van der Waals surface area contributed by atoms with Crippen LogP contribution in [0.2, 0.25) is 0 Å². The number of nitrogens with zero attached hydrogens (tertiary/aromatic N) is 2. The second-order valence-electron chi connectivity index (χ2n) is 6.06. The van der Waals surface area contributed by atoms with Crippen LogP contribution in [-0.2, 0) is 9.53 Å². The zero-order chi connectivity index (χ0) is 16.4. The van der Waals surface area contributed by atoms with Crippen molar-refractivity contribution in [2.75, 3.05) is 33.3 Å². The summed E-state index contributed by atoms with van der Waals surface area (Å²) >= 11 is 0. The van der Waals surface area contributed by atoms with Crippen LogP contribution in [0.5, 0.6) is 5.75 Å². The largest absolute Gasteiger partial charge is 0.497 e. The summed E-state index contributed by atoms with van der Waals surface area (Å²) in [5.41, 5.74) is 0.631. The zero-order valence-corrected chi connectivity index (χ0v) is 13.5. The van der Waals surface area contributed by atoms with Gasteiger partial charge in [-0.15, -0.1) is 0 Å². The molecule has 0 aliphatic carbocycles. The first kappa shape index (κ1) is 15.8. The van der Waals surface area contributed by atoms with Crippen molar-refractivity contribution >= 4 is 11.9 Å². The molecule has 1 aromatic rings. The van der Waals surface area contributed by atoms with E-state index in [-0.39, 0.29) is 24.0 Å². The molecule has 0 spiro atoms. The fourth-order valence-corrected chi connectivity index (χ4v) is 3.21. The average molecular weight is 318 g/mol. The van der Waals surface area contributed by atoms with Crippen molar-refractivity contribution in [2.24, 2.45) is 0 Å². The second kappa shape index (κ2) is 6.58. The molecule has 0 radical (unpaired) electrons. The maximum atomic E-state index is 12.6. The number of hydrogen-bond donors (Lipinski definition) is 0. The van der Waals surface area contributed by atoms with Crippen molar-refractivity contribution in [3.63, 3.8) is 0 Å². The molecule has 0 aromatic heterocycles. The fraction of sp³-hybridized carbons (Fsp3) is 0.529. The van der Waals surface area contributed by atoms with E-state index in [2.05, 4.69) is 4.90 Å². The monoisotopic (exact) mass is 318 g/mol. The summed E-state index contributed by atoms with van der Waals surface area (Å²) in [7, 11) is 1.59. The van der Waals surface area contributed by atoms with Gasteiger partial charge < -0.3 is 14.4 Å². The molecule has 1 amide bonds. The first-order chi connectivity index (χ1) is 11.1. The number of carbonyl (C=O) groups is 2. The summed E-state index contributed by atoms with van der Waals surface area (Å²) in [6.45, 7) is 4.55. The SMILES string of the molecule is COc1cccc(C(=O)N2CCN(C3CC(C)OC3=O)CC2)c1. The Morgan fingerprint density at radius 3 is 2.61 bits per heavy atom. The number of rotatable bonds is 3. The molecule has 2 saturated heterocycles. The third-order valence-corrected chi connectivity index (χ3v) is 4.50. The van der Waals surface area contributed by atoms with Gasteiger partial charge in [-0.05, 0) is 25.1 Å². The predicted molar refractivity (Wildman–Crippen MR) is 84.4 cm³/mol. The van der Waals surface area contributed by atoms with Crippen LogP contribution in [0.1, 0.15) is 23.7 Å². The Morgan fingerprint density at radius 1 is 1.26 bits per heavy atom. The molecule has 2 aliphatic rings. The zero-order valence-electron chi connectivity index (χ0n) is 13.5. The van der Waals surface area contributed by atoms with Crippen LogP contribution in [0.25, 0.3) is 0 Å². The molecule has 6 nitrogen and oxygen atoms in total. The first-order valence-electron chi connectivity index (χ1n) is 7.96. The molecule has 3 rings (SSSR count). The molecule has 124 valence electrons. The van der Waals surface area contributed by atoms with Crippen LogP contribution in [0.4, 0.5) is 0 Å². The van der Waals surface area contributed by atoms with Crippen molar-refractivity contribution in [2.45, 2.75) is 25.5 Å². The lowest BCUT2D eigenvalue weighted by Gasteiger charge is -2.36. The molecule has 2 aliphatic heterocycles. The van der Waals surface area contributed by atoms with Crippen molar-refractivity contribution in [1.29, 1.82) is 0 Å². The van der Waals surface area contributed by atoms with Crippen LogP contribution >= 0.6 is 0 Å². The van der Waals surface area contributed by atoms with E-state index in [0.29, 0.717) is 37.5 Å². The number of benzene rings is 1. The average Bonchev–Trinajstić information content (AvgIpc) is 2.93. The molecule has 0 saturated carbocycles. The summed E-state index contributed by atoms with van der Waals surface area (Å²) in [4.78, 5) is 28.4. The van der Waals surface area contributed by atoms with Crippen molar-refractivity contribution in [3.8, 4) is 5.75 Å². The summed E-state index contributed by atoms with van der Waals surface area (Å²) in [5.74, 6) is 0.549. The van der Waals surface area contributed by atoms with Crippen LogP contribution in [0.15, 0.2) is 24.3 Å². The fourth-order valence-electron chi connectivity index (χ4n) is 3.21. The molecular formula is C17H22N2O4. The van der Waals surface area contributed by atoms with Gasteiger partial charge in [0.1, 0.15) is 17.9 Å². The number of ether oxygens (including phenoxy) is 2. The molecule has 6 heteroatoms. The van der Waals surface area contributed by atoms with Crippen molar-refractivity contribution < 1.29 is 19.1 Å². The van der Waals surface area contributed by atoms with E-state index < -0.39 is 0 Å². The van der Waals surface area contributed by atoms with E-state index in [1.165, 1.54) is 0 Å². The molecule has 2 atom stereocenters. The van der Waals surface area contributed by atoms with Gasteiger partial charge in [0.25, 0.3) is 5.91 Å². The first-order valence-corrected chi connectivity index (χ1v) is 7.96. The molecule has 0 N–H and O–H groups in total. The van der Waals surface area contributed by atoms with Gasteiger partial charge in [-0.1, -0.05) is 6.07 Å². The minimum atomic E-state index is -0.154. The molecule has 23 heavy (non-hydrogen) atoms. The molecule has 0 bridgehead atoms. The van der Waals surface area contributed by atoms with E-state index in [1.54, 1.807) is 19.2 Å². The summed E-state index contributed by atoms with van der Waals surface area (Å²) in [6.07, 6.45) is 0.729. The highest BCUT2D eigenvalue weighted by Gasteiger charge is 2.38. The van der Waals surface area contributed by atoms with E-state index in [4.69, 9.17) is 9.47 Å². The van der Waals surface area contributed by atoms with Gasteiger partial charge in [0.05, 0.1) is 7.11 Å². The minimum absolute atomic E-state index is 0.00548. The number of carbonyl (C=O) groups excluding carboxylic acids is 2. The molecular weight excluding hydrogens is 296 g/mol.